The molecular weight excluding hydrogens is 210 g/mol. The van der Waals surface area contributed by atoms with Gasteiger partial charge < -0.3 is 15.6 Å². The molecule has 2 unspecified atom stereocenters. The maximum Gasteiger partial charge on any atom is 0.103 e. The zero-order valence-corrected chi connectivity index (χ0v) is 10.4. The maximum absolute atomic E-state index is 10.2. The summed E-state index contributed by atoms with van der Waals surface area (Å²) in [6.07, 6.45) is 7.05. The normalized spacial score (nSPS) is 31.8. The Morgan fingerprint density at radius 1 is 1.53 bits per heavy atom. The summed E-state index contributed by atoms with van der Waals surface area (Å²) < 4.78 is 5.51. The van der Waals surface area contributed by atoms with Gasteiger partial charge in [0.25, 0.3) is 0 Å². The van der Waals surface area contributed by atoms with E-state index >= 15 is 0 Å². The molecule has 0 aromatic heterocycles. The van der Waals surface area contributed by atoms with Crippen molar-refractivity contribution in [2.24, 2.45) is 5.73 Å². The quantitative estimate of drug-likeness (QED) is 0.681. The predicted molar refractivity (Wildman–Crippen MR) is 65.2 cm³/mol. The molecule has 0 saturated heterocycles. The molecule has 0 aromatic carbocycles. The Bertz CT molecular complexity index is 180. The van der Waals surface area contributed by atoms with Crippen molar-refractivity contribution in [2.45, 2.75) is 43.7 Å². The molecule has 1 aliphatic rings. The van der Waals surface area contributed by atoms with Gasteiger partial charge in [0.05, 0.1) is 6.61 Å². The van der Waals surface area contributed by atoms with Gasteiger partial charge in [-0.25, -0.2) is 0 Å². The minimum absolute atomic E-state index is 0.105. The minimum Gasteiger partial charge on any atom is -0.386 e. The predicted octanol–water partition coefficient (Wildman–Crippen LogP) is 1.39. The smallest absolute Gasteiger partial charge is 0.103 e. The van der Waals surface area contributed by atoms with Crippen molar-refractivity contribution in [1.29, 1.82) is 0 Å². The standard InChI is InChI=1S/C11H23NO2S/c1-15-8-4-7-14-9-11(13)6-3-2-5-10(11)12/h10,13H,2-9,12H2,1H3. The van der Waals surface area contributed by atoms with Crippen molar-refractivity contribution in [2.75, 3.05) is 25.2 Å². The summed E-state index contributed by atoms with van der Waals surface area (Å²) >= 11 is 1.82. The van der Waals surface area contributed by atoms with Gasteiger partial charge in [-0.3, -0.25) is 0 Å². The molecule has 4 heteroatoms. The molecule has 1 rings (SSSR count). The molecule has 15 heavy (non-hydrogen) atoms. The summed E-state index contributed by atoms with van der Waals surface area (Å²) in [6.45, 7) is 1.14. The monoisotopic (exact) mass is 233 g/mol. The third kappa shape index (κ3) is 4.31. The maximum atomic E-state index is 10.2. The van der Waals surface area contributed by atoms with E-state index in [9.17, 15) is 5.11 Å². The van der Waals surface area contributed by atoms with Crippen LogP contribution in [0, 0.1) is 0 Å². The first-order valence-electron chi connectivity index (χ1n) is 5.74. The van der Waals surface area contributed by atoms with Gasteiger partial charge in [0.15, 0.2) is 0 Å². The van der Waals surface area contributed by atoms with Crippen molar-refractivity contribution >= 4 is 11.8 Å². The van der Waals surface area contributed by atoms with Crippen LogP contribution in [-0.4, -0.2) is 42.0 Å². The summed E-state index contributed by atoms with van der Waals surface area (Å²) in [7, 11) is 0. The highest BCUT2D eigenvalue weighted by Crippen LogP contribution is 2.27. The molecule has 1 aliphatic carbocycles. The number of nitrogens with two attached hydrogens (primary N) is 1. The van der Waals surface area contributed by atoms with Crippen LogP contribution in [0.25, 0.3) is 0 Å². The number of aliphatic hydroxyl groups is 1. The van der Waals surface area contributed by atoms with Crippen LogP contribution < -0.4 is 5.73 Å². The lowest BCUT2D eigenvalue weighted by Gasteiger charge is -2.37. The number of ether oxygens (including phenoxy) is 1. The SMILES string of the molecule is CSCCCOCC1(O)CCCCC1N. The summed E-state index contributed by atoms with van der Waals surface area (Å²) in [6, 6.07) is -0.105. The van der Waals surface area contributed by atoms with Crippen molar-refractivity contribution in [3.05, 3.63) is 0 Å². The Kier molecular flexibility index (Phi) is 5.97. The minimum atomic E-state index is -0.766. The van der Waals surface area contributed by atoms with E-state index in [1.807, 2.05) is 11.8 Å². The second-order valence-corrected chi connectivity index (χ2v) is 5.34. The van der Waals surface area contributed by atoms with Gasteiger partial charge in [-0.15, -0.1) is 0 Å². The highest BCUT2D eigenvalue weighted by atomic mass is 32.2. The largest absolute Gasteiger partial charge is 0.386 e. The molecule has 0 radical (unpaired) electrons. The molecule has 0 heterocycles. The highest BCUT2D eigenvalue weighted by Gasteiger charge is 2.36. The van der Waals surface area contributed by atoms with Gasteiger partial charge in [-0.1, -0.05) is 12.8 Å². The Labute approximate surface area is 96.8 Å². The first kappa shape index (κ1) is 13.3. The van der Waals surface area contributed by atoms with Crippen LogP contribution in [0.2, 0.25) is 0 Å². The van der Waals surface area contributed by atoms with E-state index in [-0.39, 0.29) is 6.04 Å². The molecule has 0 bridgehead atoms. The fraction of sp³-hybridized carbons (Fsp3) is 1.00. The van der Waals surface area contributed by atoms with Crippen LogP contribution in [-0.2, 0) is 4.74 Å². The van der Waals surface area contributed by atoms with E-state index in [1.54, 1.807) is 0 Å². The fourth-order valence-electron chi connectivity index (χ4n) is 1.98. The van der Waals surface area contributed by atoms with Crippen molar-refractivity contribution in [1.82, 2.24) is 0 Å². The molecule has 90 valence electrons. The Morgan fingerprint density at radius 3 is 3.00 bits per heavy atom. The topological polar surface area (TPSA) is 55.5 Å². The van der Waals surface area contributed by atoms with E-state index in [1.165, 1.54) is 0 Å². The zero-order valence-electron chi connectivity index (χ0n) is 9.58. The highest BCUT2D eigenvalue weighted by molar-refractivity contribution is 7.98. The van der Waals surface area contributed by atoms with Gasteiger partial charge in [0.2, 0.25) is 0 Å². The number of rotatable bonds is 6. The van der Waals surface area contributed by atoms with Crippen LogP contribution in [0.5, 0.6) is 0 Å². The van der Waals surface area contributed by atoms with Gasteiger partial charge in [-0.05, 0) is 31.3 Å². The van der Waals surface area contributed by atoms with Gasteiger partial charge in [0.1, 0.15) is 5.60 Å². The van der Waals surface area contributed by atoms with E-state index < -0.39 is 5.60 Å². The summed E-state index contributed by atoms with van der Waals surface area (Å²) in [5.74, 6) is 1.12. The second kappa shape index (κ2) is 6.74. The van der Waals surface area contributed by atoms with Gasteiger partial charge >= 0.3 is 0 Å². The fourth-order valence-corrected chi connectivity index (χ4v) is 2.39. The van der Waals surface area contributed by atoms with Crippen LogP contribution in [0.4, 0.5) is 0 Å². The van der Waals surface area contributed by atoms with E-state index in [2.05, 4.69) is 6.26 Å². The van der Waals surface area contributed by atoms with E-state index in [4.69, 9.17) is 10.5 Å². The van der Waals surface area contributed by atoms with Crippen molar-refractivity contribution < 1.29 is 9.84 Å². The Balaban J connectivity index is 2.17. The average molecular weight is 233 g/mol. The molecule has 2 atom stereocenters. The molecule has 0 spiro atoms. The van der Waals surface area contributed by atoms with Crippen LogP contribution in [0.3, 0.4) is 0 Å². The third-order valence-corrected chi connectivity index (χ3v) is 3.75. The van der Waals surface area contributed by atoms with Gasteiger partial charge in [-0.2, -0.15) is 11.8 Å². The van der Waals surface area contributed by atoms with Gasteiger partial charge in [0, 0.05) is 12.6 Å². The lowest BCUT2D eigenvalue weighted by atomic mass is 9.81. The van der Waals surface area contributed by atoms with Crippen LogP contribution >= 0.6 is 11.8 Å². The number of hydrogen-bond donors (Lipinski definition) is 2. The molecule has 1 saturated carbocycles. The van der Waals surface area contributed by atoms with Crippen molar-refractivity contribution in [3.8, 4) is 0 Å². The lowest BCUT2D eigenvalue weighted by Crippen LogP contribution is -2.53. The van der Waals surface area contributed by atoms with Crippen LogP contribution in [0.15, 0.2) is 0 Å². The molecule has 3 N–H and O–H groups in total. The molecule has 1 fully saturated rings. The average Bonchev–Trinajstić information content (AvgIpc) is 2.23. The molecule has 3 nitrogen and oxygen atoms in total. The third-order valence-electron chi connectivity index (χ3n) is 3.05. The number of thioether (sulfide) groups is 1. The first-order chi connectivity index (χ1) is 7.19. The zero-order chi connectivity index (χ0) is 11.1. The molecule has 0 aliphatic heterocycles. The van der Waals surface area contributed by atoms with Crippen LogP contribution in [0.1, 0.15) is 32.1 Å². The van der Waals surface area contributed by atoms with E-state index in [0.29, 0.717) is 6.61 Å². The second-order valence-electron chi connectivity index (χ2n) is 4.35. The first-order valence-corrected chi connectivity index (χ1v) is 7.13. The summed E-state index contributed by atoms with van der Waals surface area (Å²) in [4.78, 5) is 0. The lowest BCUT2D eigenvalue weighted by molar-refractivity contribution is -0.0800. The molecule has 0 aromatic rings. The van der Waals surface area contributed by atoms with Crippen molar-refractivity contribution in [3.63, 3.8) is 0 Å². The molecular formula is C11H23NO2S. The molecule has 0 amide bonds. The van der Waals surface area contributed by atoms with E-state index in [0.717, 1.165) is 44.5 Å². The summed E-state index contributed by atoms with van der Waals surface area (Å²) in [5.41, 5.74) is 5.15. The Morgan fingerprint density at radius 2 is 2.33 bits per heavy atom. The summed E-state index contributed by atoms with van der Waals surface area (Å²) in [5, 5.41) is 10.2. The number of hydrogen-bond acceptors (Lipinski definition) is 4. The Hall–Kier alpha value is 0.230.